The van der Waals surface area contributed by atoms with Crippen LogP contribution in [-0.2, 0) is 29.2 Å². The molecule has 11 heteroatoms. The fourth-order valence-corrected chi connectivity index (χ4v) is 3.91. The minimum absolute atomic E-state index is 0.106. The van der Waals surface area contributed by atoms with Gasteiger partial charge in [0, 0.05) is 4.88 Å². The molecule has 0 aromatic carbocycles. The summed E-state index contributed by atoms with van der Waals surface area (Å²) >= 11 is 1.21. The number of carbonyl (C=O) groups excluding carboxylic acids is 2. The van der Waals surface area contributed by atoms with Gasteiger partial charge in [0.25, 0.3) is 0 Å². The molecule has 0 saturated heterocycles. The molecule has 0 saturated carbocycles. The van der Waals surface area contributed by atoms with E-state index in [0.717, 1.165) is 14.0 Å². The van der Waals surface area contributed by atoms with Crippen LogP contribution in [0.1, 0.15) is 41.9 Å². The Labute approximate surface area is 188 Å². The molecule has 10 nitrogen and oxygen atoms in total. The predicted molar refractivity (Wildman–Crippen MR) is 123 cm³/mol. The number of nitrogens with one attached hydrogen (secondary N) is 1. The van der Waals surface area contributed by atoms with E-state index < -0.39 is 35.5 Å². The summed E-state index contributed by atoms with van der Waals surface area (Å²) in [5.41, 5.74) is -2.49. The molecule has 0 bridgehead atoms. The second-order valence-electron chi connectivity index (χ2n) is 7.05. The molecule has 2 aromatic rings. The Morgan fingerprint density at radius 3 is 2.06 bits per heavy atom. The highest BCUT2D eigenvalue weighted by Gasteiger charge is 2.22. The Morgan fingerprint density at radius 2 is 1.59 bits per heavy atom. The molecular weight excluding hydrogens is 436 g/mol. The van der Waals surface area contributed by atoms with Crippen molar-refractivity contribution in [3.05, 3.63) is 73.3 Å². The third kappa shape index (κ3) is 5.22. The third-order valence-electron chi connectivity index (χ3n) is 4.38. The summed E-state index contributed by atoms with van der Waals surface area (Å²) in [6.45, 7) is 11.8. The summed E-state index contributed by atoms with van der Waals surface area (Å²) in [7, 11) is 0. The van der Waals surface area contributed by atoms with Crippen molar-refractivity contribution in [1.82, 2.24) is 13.7 Å². The molecule has 1 N–H and O–H groups in total. The Morgan fingerprint density at radius 1 is 1.06 bits per heavy atom. The maximum Gasteiger partial charge on any atom is 0.341 e. The summed E-state index contributed by atoms with van der Waals surface area (Å²) in [6.07, 6.45) is 2.67. The van der Waals surface area contributed by atoms with Gasteiger partial charge in [0.1, 0.15) is 11.5 Å². The number of hydrogen-bond acceptors (Lipinski definition) is 7. The van der Waals surface area contributed by atoms with Gasteiger partial charge < -0.3 is 10.1 Å². The van der Waals surface area contributed by atoms with Crippen molar-refractivity contribution in [2.24, 2.45) is 0 Å². The molecule has 2 heterocycles. The first-order chi connectivity index (χ1) is 15.2. The van der Waals surface area contributed by atoms with Gasteiger partial charge >= 0.3 is 23.0 Å². The number of anilines is 1. The Balaban J connectivity index is 2.46. The monoisotopic (exact) mass is 462 g/mol. The lowest BCUT2D eigenvalue weighted by Gasteiger charge is -2.12. The van der Waals surface area contributed by atoms with E-state index in [1.165, 1.54) is 23.5 Å². The number of rotatable bonds is 10. The average molecular weight is 463 g/mol. The van der Waals surface area contributed by atoms with Crippen LogP contribution in [0.4, 0.5) is 5.00 Å². The second-order valence-corrected chi connectivity index (χ2v) is 8.13. The van der Waals surface area contributed by atoms with E-state index in [0.29, 0.717) is 4.57 Å². The molecule has 0 spiro atoms. The number of hydrogen-bond donors (Lipinski definition) is 1. The number of aromatic nitrogens is 3. The molecule has 2 rings (SSSR count). The molecule has 0 unspecified atom stereocenters. The molecular formula is C21H26N4O6S. The van der Waals surface area contributed by atoms with E-state index in [2.05, 4.69) is 18.5 Å². The van der Waals surface area contributed by atoms with E-state index in [9.17, 15) is 24.0 Å². The van der Waals surface area contributed by atoms with Gasteiger partial charge in [-0.1, -0.05) is 26.0 Å². The van der Waals surface area contributed by atoms with E-state index in [-0.39, 0.29) is 36.2 Å². The van der Waals surface area contributed by atoms with Gasteiger partial charge in [-0.3, -0.25) is 4.79 Å². The number of allylic oxidation sites excluding steroid dienone is 2. The van der Waals surface area contributed by atoms with Gasteiger partial charge in [0.05, 0.1) is 25.3 Å². The first-order valence-corrected chi connectivity index (χ1v) is 10.7. The molecule has 32 heavy (non-hydrogen) atoms. The molecule has 0 atom stereocenters. The lowest BCUT2D eigenvalue weighted by Crippen LogP contribution is -2.55. The standard InChI is InChI=1S/C21H26N4O6S/c1-6-9-23-19(28)24(10-7-2)21(30)25(20(23)29)12-16(26)22-17-14(18(27)31-8-3)11-15(32-17)13(4)5/h6-7,11,13H,1-2,8-10,12H2,3-5H3,(H,22,26). The van der Waals surface area contributed by atoms with Crippen LogP contribution < -0.4 is 22.4 Å². The highest BCUT2D eigenvalue weighted by Crippen LogP contribution is 2.33. The van der Waals surface area contributed by atoms with Gasteiger partial charge in [-0.2, -0.15) is 0 Å². The lowest BCUT2D eigenvalue weighted by atomic mass is 10.1. The number of amides is 1. The molecule has 1 amide bonds. The van der Waals surface area contributed by atoms with Crippen molar-refractivity contribution >= 4 is 28.2 Å². The fraction of sp³-hybridized carbons (Fsp3) is 0.381. The minimum Gasteiger partial charge on any atom is -0.462 e. The maximum atomic E-state index is 12.7. The van der Waals surface area contributed by atoms with Gasteiger partial charge in [-0.25, -0.2) is 32.9 Å². The SMILES string of the molecule is C=CCn1c(=O)n(CC=C)c(=O)n(CC(=O)Nc2sc(C(C)C)cc2C(=O)OCC)c1=O. The minimum atomic E-state index is -0.935. The highest BCUT2D eigenvalue weighted by molar-refractivity contribution is 7.16. The zero-order valence-corrected chi connectivity index (χ0v) is 19.1. The van der Waals surface area contributed by atoms with Crippen molar-refractivity contribution in [2.75, 3.05) is 11.9 Å². The second kappa shape index (κ2) is 10.7. The van der Waals surface area contributed by atoms with Crippen LogP contribution in [0.25, 0.3) is 0 Å². The van der Waals surface area contributed by atoms with Crippen molar-refractivity contribution < 1.29 is 14.3 Å². The Hall–Kier alpha value is -3.47. The largest absolute Gasteiger partial charge is 0.462 e. The van der Waals surface area contributed by atoms with Crippen LogP contribution in [0.5, 0.6) is 0 Å². The van der Waals surface area contributed by atoms with Crippen molar-refractivity contribution in [3.8, 4) is 0 Å². The van der Waals surface area contributed by atoms with Crippen LogP contribution in [0.3, 0.4) is 0 Å². The van der Waals surface area contributed by atoms with E-state index in [1.807, 2.05) is 13.8 Å². The van der Waals surface area contributed by atoms with Gasteiger partial charge in [-0.05, 0) is 18.9 Å². The van der Waals surface area contributed by atoms with E-state index in [4.69, 9.17) is 4.74 Å². The quantitative estimate of drug-likeness (QED) is 0.422. The molecule has 0 fully saturated rings. The van der Waals surface area contributed by atoms with Crippen LogP contribution in [0.15, 0.2) is 45.8 Å². The Kier molecular flexibility index (Phi) is 8.30. The molecule has 0 aliphatic rings. The van der Waals surface area contributed by atoms with Crippen molar-refractivity contribution in [2.45, 2.75) is 46.3 Å². The topological polar surface area (TPSA) is 121 Å². The molecule has 0 aliphatic carbocycles. The first-order valence-electron chi connectivity index (χ1n) is 9.93. The van der Waals surface area contributed by atoms with Crippen molar-refractivity contribution in [1.29, 1.82) is 0 Å². The van der Waals surface area contributed by atoms with Gasteiger partial charge in [0.15, 0.2) is 0 Å². The first kappa shape index (κ1) is 24.8. The summed E-state index contributed by atoms with van der Waals surface area (Å²) in [6, 6.07) is 1.65. The summed E-state index contributed by atoms with van der Waals surface area (Å²) < 4.78 is 7.31. The third-order valence-corrected chi connectivity index (χ3v) is 5.73. The smallest absolute Gasteiger partial charge is 0.341 e. The van der Waals surface area contributed by atoms with Crippen molar-refractivity contribution in [3.63, 3.8) is 0 Å². The Bertz CT molecular complexity index is 1170. The number of esters is 1. The number of carbonyl (C=O) groups is 2. The van der Waals surface area contributed by atoms with Gasteiger partial charge in [0.2, 0.25) is 5.91 Å². The van der Waals surface area contributed by atoms with E-state index >= 15 is 0 Å². The van der Waals surface area contributed by atoms with Crippen LogP contribution in [0, 0.1) is 0 Å². The fourth-order valence-electron chi connectivity index (χ4n) is 2.85. The number of nitrogens with zero attached hydrogens (tertiary/aromatic N) is 3. The highest BCUT2D eigenvalue weighted by atomic mass is 32.1. The molecule has 2 aromatic heterocycles. The average Bonchev–Trinajstić information content (AvgIpc) is 3.16. The van der Waals surface area contributed by atoms with Crippen LogP contribution in [-0.4, -0.2) is 32.2 Å². The predicted octanol–water partition coefficient (Wildman–Crippen LogP) is 1.54. The lowest BCUT2D eigenvalue weighted by molar-refractivity contribution is -0.116. The van der Waals surface area contributed by atoms with Gasteiger partial charge in [-0.15, -0.1) is 24.5 Å². The summed E-state index contributed by atoms with van der Waals surface area (Å²) in [5.74, 6) is -1.19. The number of thiophene rings is 1. The maximum absolute atomic E-state index is 12.7. The summed E-state index contributed by atoms with van der Waals surface area (Å²) in [4.78, 5) is 63.7. The normalized spacial score (nSPS) is 10.8. The van der Waals surface area contributed by atoms with Crippen LogP contribution >= 0.6 is 11.3 Å². The summed E-state index contributed by atoms with van der Waals surface area (Å²) in [5, 5.41) is 2.85. The molecule has 0 radical (unpaired) electrons. The van der Waals surface area contributed by atoms with Crippen LogP contribution in [0.2, 0.25) is 0 Å². The number of ether oxygens (including phenoxy) is 1. The van der Waals surface area contributed by atoms with E-state index in [1.54, 1.807) is 13.0 Å². The zero-order chi connectivity index (χ0) is 24.0. The zero-order valence-electron chi connectivity index (χ0n) is 18.3. The molecule has 0 aliphatic heterocycles. The molecule has 172 valence electrons.